The molecule has 1 aromatic heterocycles. The van der Waals surface area contributed by atoms with Gasteiger partial charge in [-0.15, -0.1) is 0 Å². The number of likely N-dealkylation sites (tertiary alicyclic amines) is 2. The monoisotopic (exact) mass is 1510 g/mol. The van der Waals surface area contributed by atoms with Gasteiger partial charge in [0.2, 0.25) is 59.1 Å². The summed E-state index contributed by atoms with van der Waals surface area (Å²) in [5.74, 6) is -3.60. The summed E-state index contributed by atoms with van der Waals surface area (Å²) in [5.41, 5.74) is 8.73. The van der Waals surface area contributed by atoms with Gasteiger partial charge in [0.15, 0.2) is 5.82 Å². The van der Waals surface area contributed by atoms with Crippen LogP contribution in [0.2, 0.25) is 0 Å². The second-order valence-corrected chi connectivity index (χ2v) is 28.8. The summed E-state index contributed by atoms with van der Waals surface area (Å²) in [6, 6.07) is 12.2. The van der Waals surface area contributed by atoms with E-state index in [0.717, 1.165) is 25.7 Å². The van der Waals surface area contributed by atoms with E-state index in [1.165, 1.54) is 21.8 Å². The second-order valence-electron chi connectivity index (χ2n) is 28.8. The Morgan fingerprint density at radius 3 is 2.28 bits per heavy atom. The number of urea groups is 1. The van der Waals surface area contributed by atoms with Crippen molar-refractivity contribution in [3.63, 3.8) is 0 Å². The highest BCUT2D eigenvalue weighted by molar-refractivity contribution is 6.08. The van der Waals surface area contributed by atoms with Crippen molar-refractivity contribution in [3.8, 4) is 5.75 Å². The van der Waals surface area contributed by atoms with Crippen LogP contribution in [0.25, 0.3) is 0 Å². The Hall–Kier alpha value is -10.8. The molecule has 109 heavy (non-hydrogen) atoms. The van der Waals surface area contributed by atoms with Crippen molar-refractivity contribution in [1.82, 2.24) is 56.2 Å². The number of amides is 14. The third-order valence-corrected chi connectivity index (χ3v) is 20.8. The molecule has 1 saturated carbocycles. The number of unbranched alkanes of at least 4 members (excludes halogenated alkanes) is 2. The average molecular weight is 1510 g/mol. The summed E-state index contributed by atoms with van der Waals surface area (Å²) in [5, 5.41) is 22.4. The van der Waals surface area contributed by atoms with Crippen molar-refractivity contribution in [2.75, 3.05) is 98.9 Å². The smallest absolute Gasteiger partial charge is 0.410 e. The molecule has 1 aliphatic carbocycles. The number of nitrogens with zero attached hydrogens (tertiary/aromatic N) is 8. The van der Waals surface area contributed by atoms with E-state index in [1.54, 1.807) is 99.6 Å². The van der Waals surface area contributed by atoms with Crippen LogP contribution in [-0.4, -0.2) is 216 Å². The Labute approximate surface area is 632 Å². The molecule has 2 unspecified atom stereocenters. The van der Waals surface area contributed by atoms with Gasteiger partial charge in [0.1, 0.15) is 48.8 Å². The number of primary amides is 1. The van der Waals surface area contributed by atoms with Crippen LogP contribution in [0.3, 0.4) is 0 Å². The first-order valence-corrected chi connectivity index (χ1v) is 37.7. The summed E-state index contributed by atoms with van der Waals surface area (Å²) in [6.07, 6.45) is 9.26. The molecule has 4 aromatic rings. The van der Waals surface area contributed by atoms with Gasteiger partial charge in [0.25, 0.3) is 11.8 Å². The summed E-state index contributed by atoms with van der Waals surface area (Å²) < 4.78 is 17.6. The van der Waals surface area contributed by atoms with E-state index in [4.69, 9.17) is 24.9 Å². The van der Waals surface area contributed by atoms with E-state index in [0.29, 0.717) is 109 Å². The van der Waals surface area contributed by atoms with Crippen molar-refractivity contribution >= 4 is 112 Å². The predicted octanol–water partition coefficient (Wildman–Crippen LogP) is 4.95. The molecule has 0 spiro atoms. The summed E-state index contributed by atoms with van der Waals surface area (Å²) in [4.78, 5) is 190. The first-order valence-electron chi connectivity index (χ1n) is 37.7. The normalized spacial score (nSPS) is 18.7. The first-order chi connectivity index (χ1) is 52.4. The number of piperidine rings is 2. The van der Waals surface area contributed by atoms with E-state index in [-0.39, 0.29) is 149 Å². The standard InChI is InChI=1S/C76H101N17O16/c1-7-57-73(104)88(5)59-41-79-75(87-66(59)93(57)51-15-10-11-16-51)84-55-26-23-48(40-60(55)107-6)67(98)80-50-29-33-89(34-30-50)35-37-108-38-36-90(43-63(96)82-54-18-13-17-52-53(54)42-92(72(52)103)58-27-28-62(95)86-69(58)100)76(106)109-44-47-21-24-49(25-22-47)81-68(99)56(19-14-31-78-74(77)105)83-70(101)65(45(2)3)85-61(94)20-9-8-12-32-91-64(97)39-46(4)71(91)102/h13,17-18,21-26,40-41,45-46,50-51,56-58,65H,7-12,14-16,19-20,27-39,42-44H2,1-6H3,(H,80,98)(H,81,99)(H,82,96)(H,83,101)(H,85,94)(H3,77,78,105)(H,79,84,87)(H,86,95,100)/t46?,56-,57+,58?,65-/m0/s1. The molecule has 6 heterocycles. The molecule has 5 aliphatic heterocycles. The van der Waals surface area contributed by atoms with Crippen LogP contribution in [0.4, 0.5) is 44.1 Å². The molecule has 4 fully saturated rings. The first kappa shape index (κ1) is 80.7. The lowest BCUT2D eigenvalue weighted by atomic mass is 10.0. The van der Waals surface area contributed by atoms with Crippen molar-refractivity contribution in [2.45, 2.75) is 180 Å². The topological polar surface area (TPSA) is 417 Å². The molecule has 0 radical (unpaired) electrons. The molecule has 3 saturated heterocycles. The average Bonchev–Trinajstić information content (AvgIpc) is 1.63. The number of anilines is 6. The Morgan fingerprint density at radius 2 is 1.58 bits per heavy atom. The summed E-state index contributed by atoms with van der Waals surface area (Å²) in [7, 11) is 3.28. The Balaban J connectivity index is 0.713. The number of imide groups is 2. The number of ether oxygens (including phenoxy) is 3. The van der Waals surface area contributed by atoms with Gasteiger partial charge < -0.3 is 76.8 Å². The van der Waals surface area contributed by atoms with Gasteiger partial charge in [-0.25, -0.2) is 14.6 Å². The highest BCUT2D eigenvalue weighted by Gasteiger charge is 2.43. The molecule has 6 aliphatic rings. The van der Waals surface area contributed by atoms with Gasteiger partial charge in [0, 0.05) is 118 Å². The van der Waals surface area contributed by atoms with Gasteiger partial charge in [-0.3, -0.25) is 67.9 Å². The van der Waals surface area contributed by atoms with Crippen molar-refractivity contribution in [2.24, 2.45) is 17.6 Å². The van der Waals surface area contributed by atoms with E-state index >= 15 is 0 Å². The third kappa shape index (κ3) is 20.9. The van der Waals surface area contributed by atoms with Crippen molar-refractivity contribution < 1.29 is 76.5 Å². The van der Waals surface area contributed by atoms with Crippen LogP contribution in [0.1, 0.15) is 162 Å². The summed E-state index contributed by atoms with van der Waals surface area (Å²) >= 11 is 0. The van der Waals surface area contributed by atoms with Gasteiger partial charge in [-0.05, 0) is 118 Å². The van der Waals surface area contributed by atoms with Crippen LogP contribution in [-0.2, 0) is 65.8 Å². The van der Waals surface area contributed by atoms with Crippen molar-refractivity contribution in [3.05, 3.63) is 89.1 Å². The van der Waals surface area contributed by atoms with Crippen LogP contribution in [0.5, 0.6) is 5.75 Å². The van der Waals surface area contributed by atoms with Crippen molar-refractivity contribution in [1.29, 1.82) is 0 Å². The molecule has 3 aromatic carbocycles. The SMILES string of the molecule is CC[C@@H]1C(=O)N(C)c2cnc(Nc3ccc(C(=O)NC4CCN(CCOCCN(CC(=O)Nc5cccc6c5CN(C5CCC(=O)NC5=O)C6=O)C(=O)OCc5ccc(NC(=O)[C@H](CCCNC(N)=O)NC(=O)[C@@H](NC(=O)CCCCCN6C(=O)CC(C)C6=O)C(C)C)cc5)CC4)cc3OC)nc2N1C1CCCC1. The maximum absolute atomic E-state index is 14.1. The molecular formula is C76H101N17O16. The fourth-order valence-electron chi connectivity index (χ4n) is 14.6. The highest BCUT2D eigenvalue weighted by Crippen LogP contribution is 2.41. The molecule has 14 amide bonds. The van der Waals surface area contributed by atoms with Gasteiger partial charge in [-0.1, -0.05) is 65.2 Å². The molecule has 33 heteroatoms. The number of benzene rings is 3. The number of methoxy groups -OCH3 is 1. The number of rotatable bonds is 35. The van der Waals surface area contributed by atoms with Crippen LogP contribution in [0.15, 0.2) is 66.9 Å². The molecular weight excluding hydrogens is 1410 g/mol. The van der Waals surface area contributed by atoms with E-state index in [1.807, 2.05) is 6.92 Å². The lowest BCUT2D eigenvalue weighted by Gasteiger charge is -2.43. The minimum atomic E-state index is -1.14. The molecule has 33 nitrogen and oxygen atoms in total. The van der Waals surface area contributed by atoms with Crippen LogP contribution < -0.4 is 62.8 Å². The molecule has 0 bridgehead atoms. The number of likely N-dealkylation sites (N-methyl/N-ethyl adjacent to an activating group) is 1. The largest absolute Gasteiger partial charge is 0.495 e. The molecule has 10 rings (SSSR count). The van der Waals surface area contributed by atoms with Gasteiger partial charge >= 0.3 is 12.1 Å². The lowest BCUT2D eigenvalue weighted by molar-refractivity contribution is -0.140. The number of carbonyl (C=O) groups excluding carboxylic acids is 13. The minimum absolute atomic E-state index is 0.00133. The van der Waals surface area contributed by atoms with Crippen LogP contribution in [0, 0.1) is 11.8 Å². The highest BCUT2D eigenvalue weighted by atomic mass is 16.6. The lowest BCUT2D eigenvalue weighted by Crippen LogP contribution is -2.55. The van der Waals surface area contributed by atoms with Gasteiger partial charge in [0.05, 0.1) is 32.2 Å². The zero-order chi connectivity index (χ0) is 78.0. The number of nitrogens with one attached hydrogen (secondary N) is 8. The Morgan fingerprint density at radius 1 is 0.817 bits per heavy atom. The number of carbonyl (C=O) groups is 13. The number of hydrogen-bond donors (Lipinski definition) is 9. The predicted molar refractivity (Wildman–Crippen MR) is 401 cm³/mol. The molecule has 5 atom stereocenters. The van der Waals surface area contributed by atoms with Gasteiger partial charge in [-0.2, -0.15) is 4.98 Å². The summed E-state index contributed by atoms with van der Waals surface area (Å²) in [6.45, 7) is 8.85. The second kappa shape index (κ2) is 37.8. The quantitative estimate of drug-likeness (QED) is 0.0217. The number of hydrogen-bond acceptors (Lipinski definition) is 21. The van der Waals surface area contributed by atoms with E-state index < -0.39 is 78.1 Å². The number of fused-ring (bicyclic) bond motifs is 2. The minimum Gasteiger partial charge on any atom is -0.495 e. The number of nitrogens with two attached hydrogens (primary N) is 1. The third-order valence-electron chi connectivity index (χ3n) is 20.8. The molecule has 586 valence electrons. The van der Waals surface area contributed by atoms with E-state index in [2.05, 4.69) is 57.3 Å². The van der Waals surface area contributed by atoms with E-state index in [9.17, 15) is 62.3 Å². The maximum atomic E-state index is 14.1. The van der Waals surface area contributed by atoms with Crippen LogP contribution >= 0.6 is 0 Å². The Bertz CT molecular complexity index is 4030. The number of aromatic nitrogens is 2. The Kier molecular flexibility index (Phi) is 28.0. The molecule has 10 N–H and O–H groups in total. The fourth-order valence-corrected chi connectivity index (χ4v) is 14.6. The maximum Gasteiger partial charge on any atom is 0.410 e. The fraction of sp³-hybridized carbons (Fsp3) is 0.539. The zero-order valence-corrected chi connectivity index (χ0v) is 62.7. The zero-order valence-electron chi connectivity index (χ0n) is 62.7.